The number of nitrogens with one attached hydrogen (secondary N) is 11. The number of amides is 11. The molecular weight excluding hydrogens is 1400 g/mol. The molecule has 0 aliphatic heterocycles. The first-order valence-corrected chi connectivity index (χ1v) is 35.2. The molecular formula is C67H101N15O22S. The molecule has 0 aromatic heterocycles. The van der Waals surface area contributed by atoms with Crippen LogP contribution in [0.4, 0.5) is 0 Å². The fraction of sp³-hybridized carbons (Fsp3) is 0.567. The third-order valence-electron chi connectivity index (χ3n) is 15.7. The van der Waals surface area contributed by atoms with Gasteiger partial charge in [-0.05, 0) is 111 Å². The highest BCUT2D eigenvalue weighted by Gasteiger charge is 2.38. The maximum absolute atomic E-state index is 14.4. The van der Waals surface area contributed by atoms with E-state index in [0.29, 0.717) is 11.1 Å². The number of phenols is 1. The Bertz CT molecular complexity index is 3360. The number of aliphatic imine (C=N–C) groups is 1. The zero-order valence-electron chi connectivity index (χ0n) is 59.8. The number of carboxylic acid groups (broad SMARTS) is 5. The molecule has 0 bridgehead atoms. The summed E-state index contributed by atoms with van der Waals surface area (Å²) < 4.78 is 0. The van der Waals surface area contributed by atoms with Gasteiger partial charge in [0.05, 0.1) is 18.9 Å². The Morgan fingerprint density at radius 3 is 1.27 bits per heavy atom. The van der Waals surface area contributed by atoms with Gasteiger partial charge in [0.2, 0.25) is 65.0 Å². The van der Waals surface area contributed by atoms with Gasteiger partial charge >= 0.3 is 29.8 Å². The summed E-state index contributed by atoms with van der Waals surface area (Å²) in [6, 6.07) is -4.81. The molecule has 38 heteroatoms. The number of carboxylic acids is 5. The van der Waals surface area contributed by atoms with Crippen molar-refractivity contribution in [2.75, 3.05) is 18.6 Å². The van der Waals surface area contributed by atoms with Crippen molar-refractivity contribution in [1.29, 1.82) is 0 Å². The van der Waals surface area contributed by atoms with E-state index in [9.17, 15) is 102 Å². The van der Waals surface area contributed by atoms with E-state index in [4.69, 9.17) is 22.3 Å². The molecule has 2 aromatic rings. The number of rotatable bonds is 49. The second kappa shape index (κ2) is 46.1. The lowest BCUT2D eigenvalue weighted by Gasteiger charge is -2.29. The summed E-state index contributed by atoms with van der Waals surface area (Å²) in [7, 11) is 0. The monoisotopic (exact) mass is 1500 g/mol. The fourth-order valence-electron chi connectivity index (χ4n) is 10.2. The van der Waals surface area contributed by atoms with Crippen LogP contribution in [-0.2, 0) is 89.6 Å². The predicted molar refractivity (Wildman–Crippen MR) is 379 cm³/mol. The molecule has 582 valence electrons. The molecule has 2 aromatic carbocycles. The van der Waals surface area contributed by atoms with Gasteiger partial charge < -0.3 is 106 Å². The van der Waals surface area contributed by atoms with Crippen molar-refractivity contribution in [3.8, 4) is 5.75 Å². The molecule has 0 spiro atoms. The van der Waals surface area contributed by atoms with Gasteiger partial charge in [0.15, 0.2) is 5.96 Å². The first-order chi connectivity index (χ1) is 49.2. The summed E-state index contributed by atoms with van der Waals surface area (Å²) in [6.07, 6.45) is -3.97. The van der Waals surface area contributed by atoms with E-state index in [1.807, 2.05) is 5.32 Å². The molecule has 0 aliphatic rings. The topological polar surface area (TPSA) is 617 Å². The Kier molecular flexibility index (Phi) is 39.7. The number of guanidine groups is 1. The third-order valence-corrected chi connectivity index (χ3v) is 16.4. The van der Waals surface area contributed by atoms with Crippen LogP contribution in [0.2, 0.25) is 0 Å². The largest absolute Gasteiger partial charge is 0.508 e. The number of aliphatic carboxylic acids is 5. The lowest BCUT2D eigenvalue weighted by atomic mass is 9.99. The van der Waals surface area contributed by atoms with Crippen LogP contribution < -0.4 is 75.7 Å². The summed E-state index contributed by atoms with van der Waals surface area (Å²) in [5.41, 5.74) is 18.3. The number of aromatic hydroxyl groups is 1. The first-order valence-electron chi connectivity index (χ1n) is 33.8. The first kappa shape index (κ1) is 90.4. The minimum atomic E-state index is -2.09. The average molecular weight is 1500 g/mol. The van der Waals surface area contributed by atoms with Gasteiger partial charge in [0.1, 0.15) is 72.2 Å². The minimum Gasteiger partial charge on any atom is -0.508 e. The van der Waals surface area contributed by atoms with Crippen LogP contribution in [0.15, 0.2) is 59.6 Å². The molecule has 0 fully saturated rings. The van der Waals surface area contributed by atoms with Gasteiger partial charge in [-0.2, -0.15) is 11.8 Å². The standard InChI is InChI=1S/C67H101N15O22S/c1-33(2)27-45(77-56(93)40(68)29-38-16-18-39(83)19-17-38)62(99)76-43(21-23-51(86)87)60(97)82-54(35(5)6)65(102)80-47(30-37-13-10-9-11-14-37)61(98)72-36(7)55(92)73-44(24-26-105-8)59(96)78-46(28-34(3)4)63(100)74-41(15-12-25-71-67(69)70)57(94)79-48(31-52(88)89)64(101)75-42(20-22-50(84)85)58(95)81-49(66(103)104)32-53(90)91/h9-11,13-14,16-19,33-36,40-49,54,83H,12,15,20-32,68H2,1-8H3,(H,72,98)(H,73,92)(H,74,100)(H,75,101)(H,76,99)(H,77,93)(H,78,96)(H,79,94)(H,80,102)(H,81,95)(H,82,97)(H,84,85)(H,86,87)(H,88,89)(H,90,91)(H,103,104)(H4,69,70,71)/t36-,40-,41-,42-,43-,44-,45-,46-,47-,48-,49-,54-/m0/s1. The molecule has 11 amide bonds. The molecule has 2 rings (SSSR count). The number of hydrogen-bond acceptors (Lipinski definition) is 20. The molecule has 37 nitrogen and oxygen atoms in total. The van der Waals surface area contributed by atoms with Crippen LogP contribution in [0.3, 0.4) is 0 Å². The van der Waals surface area contributed by atoms with E-state index in [1.54, 1.807) is 90.3 Å². The Hall–Kier alpha value is -10.7. The Morgan fingerprint density at radius 1 is 0.419 bits per heavy atom. The van der Waals surface area contributed by atoms with Crippen LogP contribution in [0.25, 0.3) is 0 Å². The van der Waals surface area contributed by atoms with Gasteiger partial charge in [-0.3, -0.25) is 76.9 Å². The molecule has 0 saturated carbocycles. The van der Waals surface area contributed by atoms with Crippen molar-refractivity contribution in [3.05, 3.63) is 65.7 Å². The molecule has 23 N–H and O–H groups in total. The zero-order valence-corrected chi connectivity index (χ0v) is 60.6. The Morgan fingerprint density at radius 2 is 0.810 bits per heavy atom. The Labute approximate surface area is 610 Å². The average Bonchev–Trinajstić information content (AvgIpc) is 0.851. The minimum absolute atomic E-state index is 0.00586. The molecule has 12 atom stereocenters. The summed E-state index contributed by atoms with van der Waals surface area (Å²) in [5, 5.41) is 83.9. The lowest BCUT2D eigenvalue weighted by molar-refractivity contribution is -0.147. The number of benzene rings is 2. The number of phenolic OH excluding ortho intramolecular Hbond substituents is 1. The molecule has 0 heterocycles. The normalized spacial score (nSPS) is 14.5. The maximum atomic E-state index is 14.4. The number of nitrogens with two attached hydrogens (primary N) is 3. The summed E-state index contributed by atoms with van der Waals surface area (Å²) in [6.45, 7) is 11.2. The smallest absolute Gasteiger partial charge is 0.326 e. The van der Waals surface area contributed by atoms with Crippen molar-refractivity contribution in [1.82, 2.24) is 58.5 Å². The van der Waals surface area contributed by atoms with Gasteiger partial charge in [-0.25, -0.2) is 4.79 Å². The van der Waals surface area contributed by atoms with E-state index in [1.165, 1.54) is 30.8 Å². The Balaban J connectivity index is 2.47. The van der Waals surface area contributed by atoms with Crippen LogP contribution in [0, 0.1) is 17.8 Å². The highest BCUT2D eigenvalue weighted by Crippen LogP contribution is 2.16. The van der Waals surface area contributed by atoms with Gasteiger partial charge in [-0.15, -0.1) is 0 Å². The van der Waals surface area contributed by atoms with Crippen molar-refractivity contribution < 1.29 is 107 Å². The summed E-state index contributed by atoms with van der Waals surface area (Å²) in [5.74, 6) is -20.7. The number of thioether (sulfide) groups is 1. The summed E-state index contributed by atoms with van der Waals surface area (Å²) >= 11 is 1.28. The molecule has 0 saturated heterocycles. The molecule has 0 aliphatic carbocycles. The quantitative estimate of drug-likeness (QED) is 0.0180. The predicted octanol–water partition coefficient (Wildman–Crippen LogP) is -2.82. The SMILES string of the molecule is CSCC[C@H](NC(=O)[C@H](C)NC(=O)[C@H](Cc1ccccc1)NC(=O)[C@@H](NC(=O)[C@H](CCC(=O)O)NC(=O)[C@H](CC(C)C)NC(=O)[C@@H](N)Cc1ccc(O)cc1)C(C)C)C(=O)N[C@@H](CC(C)C)C(=O)N[C@@H](CCCN=C(N)N)C(=O)N[C@@H](CC(=O)O)C(=O)N[C@@H](CCC(=O)O)C(=O)N[C@@H](CC(=O)O)C(=O)O. The van der Waals surface area contributed by atoms with E-state index in [2.05, 4.69) is 58.2 Å². The van der Waals surface area contributed by atoms with Crippen LogP contribution in [0.5, 0.6) is 5.75 Å². The van der Waals surface area contributed by atoms with Crippen LogP contribution in [0.1, 0.15) is 130 Å². The second-order valence-corrected chi connectivity index (χ2v) is 27.1. The van der Waals surface area contributed by atoms with E-state index in [0.717, 1.165) is 0 Å². The highest BCUT2D eigenvalue weighted by molar-refractivity contribution is 7.98. The van der Waals surface area contributed by atoms with Crippen molar-refractivity contribution in [2.24, 2.45) is 39.9 Å². The number of nitrogens with zero attached hydrogens (tertiary/aromatic N) is 1. The number of carbonyl (C=O) groups excluding carboxylic acids is 11. The van der Waals surface area contributed by atoms with Crippen molar-refractivity contribution >= 4 is 113 Å². The number of hydrogen-bond donors (Lipinski definition) is 20. The van der Waals surface area contributed by atoms with Gasteiger partial charge in [-0.1, -0.05) is 84.0 Å². The van der Waals surface area contributed by atoms with Gasteiger partial charge in [0, 0.05) is 25.8 Å². The summed E-state index contributed by atoms with van der Waals surface area (Å²) in [4.78, 5) is 217. The molecule has 0 unspecified atom stereocenters. The molecule has 105 heavy (non-hydrogen) atoms. The van der Waals surface area contributed by atoms with Crippen LogP contribution >= 0.6 is 11.8 Å². The van der Waals surface area contributed by atoms with Crippen molar-refractivity contribution in [2.45, 2.75) is 204 Å². The van der Waals surface area contributed by atoms with Gasteiger partial charge in [0.25, 0.3) is 0 Å². The zero-order chi connectivity index (χ0) is 79.4. The third kappa shape index (κ3) is 35.4. The maximum Gasteiger partial charge on any atom is 0.326 e. The van der Waals surface area contributed by atoms with E-state index < -0.39 is 212 Å². The molecule has 0 radical (unpaired) electrons. The van der Waals surface area contributed by atoms with E-state index in [-0.39, 0.29) is 80.8 Å². The van der Waals surface area contributed by atoms with Crippen LogP contribution in [-0.4, -0.2) is 222 Å². The highest BCUT2D eigenvalue weighted by atomic mass is 32.2. The van der Waals surface area contributed by atoms with E-state index >= 15 is 0 Å². The lowest BCUT2D eigenvalue weighted by Crippen LogP contribution is -2.61. The fourth-order valence-corrected chi connectivity index (χ4v) is 10.7. The van der Waals surface area contributed by atoms with Crippen molar-refractivity contribution in [3.63, 3.8) is 0 Å². The second-order valence-electron chi connectivity index (χ2n) is 26.1. The number of carbonyl (C=O) groups is 16.